The molecule has 4 heteroatoms. The fourth-order valence-electron chi connectivity index (χ4n) is 2.92. The van der Waals surface area contributed by atoms with Crippen LogP contribution in [0.3, 0.4) is 0 Å². The summed E-state index contributed by atoms with van der Waals surface area (Å²) in [6.07, 6.45) is 2.24. The minimum Gasteiger partial charge on any atom is -0.285 e. The van der Waals surface area contributed by atoms with E-state index in [1.807, 2.05) is 0 Å². The normalized spacial score (nSPS) is 31.4. The summed E-state index contributed by atoms with van der Waals surface area (Å²) in [5.41, 5.74) is 0.180. The van der Waals surface area contributed by atoms with Gasteiger partial charge in [-0.1, -0.05) is 41.5 Å². The van der Waals surface area contributed by atoms with Gasteiger partial charge in [-0.15, -0.1) is 0 Å². The smallest absolute Gasteiger partial charge is 0.267 e. The molecule has 0 bridgehead atoms. The molecular weight excluding hydrogens is 248 g/mol. The zero-order chi connectivity index (χ0) is 14.4. The number of hydrogen-bond acceptors (Lipinski definition) is 2. The van der Waals surface area contributed by atoms with Crippen molar-refractivity contribution < 1.29 is 13.0 Å². The monoisotopic (exact) mass is 276 g/mol. The average Bonchev–Trinajstić information content (AvgIpc) is 2.13. The molecule has 108 valence electrons. The van der Waals surface area contributed by atoms with Crippen molar-refractivity contribution in [3.05, 3.63) is 0 Å². The third-order valence-corrected chi connectivity index (χ3v) is 5.76. The Morgan fingerprint density at radius 1 is 0.833 bits per heavy atom. The Morgan fingerprint density at radius 3 is 1.39 bits per heavy atom. The molecule has 1 aliphatic rings. The predicted octanol–water partition coefficient (Wildman–Crippen LogP) is 3.75. The van der Waals surface area contributed by atoms with Gasteiger partial charge in [-0.2, -0.15) is 8.42 Å². The second-order valence-electron chi connectivity index (χ2n) is 7.97. The average molecular weight is 276 g/mol. The van der Waals surface area contributed by atoms with Gasteiger partial charge in [0.2, 0.25) is 0 Å². The van der Waals surface area contributed by atoms with E-state index in [1.54, 1.807) is 0 Å². The topological polar surface area (TPSA) is 54.4 Å². The highest BCUT2D eigenvalue weighted by Crippen LogP contribution is 2.47. The Kier molecular flexibility index (Phi) is 4.24. The lowest BCUT2D eigenvalue weighted by Gasteiger charge is -2.44. The molecule has 18 heavy (non-hydrogen) atoms. The third-order valence-electron chi connectivity index (χ3n) is 4.53. The lowest BCUT2D eigenvalue weighted by Crippen LogP contribution is -2.41. The molecule has 1 aliphatic carbocycles. The van der Waals surface area contributed by atoms with E-state index in [4.69, 9.17) is 0 Å². The van der Waals surface area contributed by atoms with Crippen LogP contribution in [0, 0.1) is 22.7 Å². The largest absolute Gasteiger partial charge is 0.285 e. The molecule has 2 unspecified atom stereocenters. The van der Waals surface area contributed by atoms with Crippen LogP contribution in [-0.4, -0.2) is 18.2 Å². The molecule has 0 amide bonds. The van der Waals surface area contributed by atoms with Gasteiger partial charge < -0.3 is 0 Å². The summed E-state index contributed by atoms with van der Waals surface area (Å²) >= 11 is 0. The zero-order valence-electron chi connectivity index (χ0n) is 12.5. The zero-order valence-corrected chi connectivity index (χ0v) is 13.3. The van der Waals surface area contributed by atoms with Crippen LogP contribution >= 0.6 is 0 Å². The Morgan fingerprint density at radius 2 is 1.17 bits per heavy atom. The molecule has 0 aromatic carbocycles. The standard InChI is InChI=1S/C14H28O3S/c1-13(2,3)10-7-11(14(4,5)6)9-12(8-10)18(15,16)17/h10-12H,7-9H2,1-6H3,(H,15,16,17). The van der Waals surface area contributed by atoms with Crippen molar-refractivity contribution in [3.63, 3.8) is 0 Å². The maximum absolute atomic E-state index is 11.5. The van der Waals surface area contributed by atoms with Crippen LogP contribution in [0.1, 0.15) is 60.8 Å². The highest BCUT2D eigenvalue weighted by Gasteiger charge is 2.43. The van der Waals surface area contributed by atoms with Crippen molar-refractivity contribution >= 4 is 10.1 Å². The molecular formula is C14H28O3S. The van der Waals surface area contributed by atoms with E-state index >= 15 is 0 Å². The van der Waals surface area contributed by atoms with Gasteiger partial charge in [0, 0.05) is 0 Å². The van der Waals surface area contributed by atoms with Crippen molar-refractivity contribution in [1.29, 1.82) is 0 Å². The molecule has 1 saturated carbocycles. The Hall–Kier alpha value is -0.0900. The van der Waals surface area contributed by atoms with Crippen LogP contribution in [0.4, 0.5) is 0 Å². The van der Waals surface area contributed by atoms with Gasteiger partial charge in [0.15, 0.2) is 0 Å². The first kappa shape index (κ1) is 16.0. The number of rotatable bonds is 1. The van der Waals surface area contributed by atoms with Crippen LogP contribution in [-0.2, 0) is 10.1 Å². The summed E-state index contributed by atoms with van der Waals surface area (Å²) in [4.78, 5) is 0. The summed E-state index contributed by atoms with van der Waals surface area (Å²) in [6.45, 7) is 12.9. The van der Waals surface area contributed by atoms with Crippen molar-refractivity contribution in [1.82, 2.24) is 0 Å². The second-order valence-corrected chi connectivity index (χ2v) is 9.67. The summed E-state index contributed by atoms with van der Waals surface area (Å²) in [5, 5.41) is -0.584. The van der Waals surface area contributed by atoms with Crippen molar-refractivity contribution in [2.24, 2.45) is 22.7 Å². The van der Waals surface area contributed by atoms with E-state index in [-0.39, 0.29) is 10.8 Å². The first-order valence-electron chi connectivity index (χ1n) is 6.78. The van der Waals surface area contributed by atoms with Crippen molar-refractivity contribution in [2.45, 2.75) is 66.1 Å². The van der Waals surface area contributed by atoms with E-state index in [0.717, 1.165) is 6.42 Å². The van der Waals surface area contributed by atoms with Crippen LogP contribution in [0.2, 0.25) is 0 Å². The van der Waals surface area contributed by atoms with Gasteiger partial charge in [-0.3, -0.25) is 4.55 Å². The van der Waals surface area contributed by atoms with E-state index in [1.165, 1.54) is 0 Å². The minimum absolute atomic E-state index is 0.0901. The van der Waals surface area contributed by atoms with Gasteiger partial charge in [-0.05, 0) is 41.9 Å². The van der Waals surface area contributed by atoms with Gasteiger partial charge in [0.25, 0.3) is 10.1 Å². The Bertz CT molecular complexity index is 362. The first-order chi connectivity index (χ1) is 7.82. The predicted molar refractivity (Wildman–Crippen MR) is 75.1 cm³/mol. The van der Waals surface area contributed by atoms with Gasteiger partial charge >= 0.3 is 0 Å². The molecule has 1 fully saturated rings. The van der Waals surface area contributed by atoms with E-state index < -0.39 is 15.4 Å². The Balaban J connectivity index is 3.01. The van der Waals surface area contributed by atoms with Crippen LogP contribution in [0.25, 0.3) is 0 Å². The highest BCUT2D eigenvalue weighted by molar-refractivity contribution is 7.86. The lowest BCUT2D eigenvalue weighted by molar-refractivity contribution is 0.0834. The van der Waals surface area contributed by atoms with E-state index in [0.29, 0.717) is 24.7 Å². The summed E-state index contributed by atoms with van der Waals surface area (Å²) in [5.74, 6) is 0.699. The van der Waals surface area contributed by atoms with Crippen LogP contribution in [0.5, 0.6) is 0 Å². The lowest BCUT2D eigenvalue weighted by atomic mass is 9.63. The first-order valence-corrected chi connectivity index (χ1v) is 8.28. The molecule has 0 heterocycles. The molecule has 0 spiro atoms. The summed E-state index contributed by atoms with van der Waals surface area (Å²) in [6, 6.07) is 0. The molecule has 0 aromatic heterocycles. The minimum atomic E-state index is -3.91. The maximum Gasteiger partial charge on any atom is 0.267 e. The van der Waals surface area contributed by atoms with E-state index in [9.17, 15) is 13.0 Å². The van der Waals surface area contributed by atoms with Crippen molar-refractivity contribution in [2.75, 3.05) is 0 Å². The van der Waals surface area contributed by atoms with Crippen molar-refractivity contribution in [3.8, 4) is 0 Å². The molecule has 3 nitrogen and oxygen atoms in total. The van der Waals surface area contributed by atoms with Gasteiger partial charge in [-0.25, -0.2) is 0 Å². The molecule has 1 N–H and O–H groups in total. The molecule has 1 rings (SSSR count). The van der Waals surface area contributed by atoms with Gasteiger partial charge in [0.05, 0.1) is 5.25 Å². The third kappa shape index (κ3) is 3.95. The SMILES string of the molecule is CC(C)(C)C1CC(C(C)(C)C)CC(S(=O)(=O)O)C1. The summed E-state index contributed by atoms with van der Waals surface area (Å²) in [7, 11) is -3.91. The maximum atomic E-state index is 11.5. The molecule has 0 saturated heterocycles. The molecule has 0 aliphatic heterocycles. The van der Waals surface area contributed by atoms with Gasteiger partial charge in [0.1, 0.15) is 0 Å². The quantitative estimate of drug-likeness (QED) is 0.742. The molecule has 0 aromatic rings. The highest BCUT2D eigenvalue weighted by atomic mass is 32.2. The fourth-order valence-corrected chi connectivity index (χ4v) is 3.88. The van der Waals surface area contributed by atoms with Crippen LogP contribution < -0.4 is 0 Å². The Labute approximate surface area is 112 Å². The van der Waals surface area contributed by atoms with E-state index in [2.05, 4.69) is 41.5 Å². The number of hydrogen-bond donors (Lipinski definition) is 1. The van der Waals surface area contributed by atoms with Crippen LogP contribution in [0.15, 0.2) is 0 Å². The molecule has 2 atom stereocenters. The summed E-state index contributed by atoms with van der Waals surface area (Å²) < 4.78 is 32.4. The fraction of sp³-hybridized carbons (Fsp3) is 1.00. The second kappa shape index (κ2) is 4.78. The molecule has 0 radical (unpaired) electrons.